The van der Waals surface area contributed by atoms with Crippen molar-refractivity contribution in [2.45, 2.75) is 26.8 Å². The summed E-state index contributed by atoms with van der Waals surface area (Å²) in [4.78, 5) is 4.23. The molecule has 0 aliphatic heterocycles. The molecule has 1 aromatic carbocycles. The van der Waals surface area contributed by atoms with E-state index in [9.17, 15) is 0 Å². The fourth-order valence-corrected chi connectivity index (χ4v) is 1.83. The van der Waals surface area contributed by atoms with Crippen LogP contribution in [0.25, 0.3) is 5.69 Å². The molecule has 0 bridgehead atoms. The predicted molar refractivity (Wildman–Crippen MR) is 70.3 cm³/mol. The van der Waals surface area contributed by atoms with Crippen LogP contribution in [0.2, 0.25) is 0 Å². The number of hydrogen-bond donors (Lipinski definition) is 1. The predicted octanol–water partition coefficient (Wildman–Crippen LogP) is 2.68. The molecule has 0 saturated heterocycles. The lowest BCUT2D eigenvalue weighted by Crippen LogP contribution is -2.13. The van der Waals surface area contributed by atoms with E-state index in [1.807, 2.05) is 19.3 Å². The highest BCUT2D eigenvalue weighted by atomic mass is 15.1. The standard InChI is InChI=1S/C14H19N3/c1-3-8-15-11-13-4-6-14(7-5-13)17-10-9-16-12(17)2/h4-7,9-10,15H,3,8,11H2,1-2H3. The molecule has 0 atom stereocenters. The average Bonchev–Trinajstić information content (AvgIpc) is 2.77. The smallest absolute Gasteiger partial charge is 0.110 e. The number of nitrogens with zero attached hydrogens (tertiary/aromatic N) is 2. The highest BCUT2D eigenvalue weighted by Crippen LogP contribution is 2.11. The van der Waals surface area contributed by atoms with Gasteiger partial charge in [0.2, 0.25) is 0 Å². The van der Waals surface area contributed by atoms with E-state index in [1.165, 1.54) is 17.7 Å². The lowest BCUT2D eigenvalue weighted by Gasteiger charge is -2.07. The van der Waals surface area contributed by atoms with Crippen LogP contribution in [0.1, 0.15) is 24.7 Å². The van der Waals surface area contributed by atoms with Gasteiger partial charge in [-0.15, -0.1) is 0 Å². The van der Waals surface area contributed by atoms with E-state index in [2.05, 4.69) is 46.1 Å². The Morgan fingerprint density at radius 2 is 2.00 bits per heavy atom. The third kappa shape index (κ3) is 2.94. The number of imidazole rings is 1. The van der Waals surface area contributed by atoms with Crippen molar-refractivity contribution in [1.29, 1.82) is 0 Å². The normalized spacial score (nSPS) is 10.7. The summed E-state index contributed by atoms with van der Waals surface area (Å²) in [5.41, 5.74) is 2.49. The highest BCUT2D eigenvalue weighted by Gasteiger charge is 1.99. The molecule has 0 saturated carbocycles. The summed E-state index contributed by atoms with van der Waals surface area (Å²) in [7, 11) is 0. The first-order valence-electron chi connectivity index (χ1n) is 6.11. The molecule has 0 fully saturated rings. The average molecular weight is 229 g/mol. The largest absolute Gasteiger partial charge is 0.313 e. The molecule has 17 heavy (non-hydrogen) atoms. The summed E-state index contributed by atoms with van der Waals surface area (Å²) in [5.74, 6) is 1.02. The molecule has 0 spiro atoms. The van der Waals surface area contributed by atoms with Crippen molar-refractivity contribution >= 4 is 0 Å². The Bertz CT molecular complexity index is 457. The van der Waals surface area contributed by atoms with Crippen molar-refractivity contribution in [2.75, 3.05) is 6.54 Å². The van der Waals surface area contributed by atoms with Crippen molar-refractivity contribution < 1.29 is 0 Å². The van der Waals surface area contributed by atoms with Crippen LogP contribution in [-0.4, -0.2) is 16.1 Å². The summed E-state index contributed by atoms with van der Waals surface area (Å²) < 4.78 is 2.09. The SMILES string of the molecule is CCCNCc1ccc(-n2ccnc2C)cc1. The van der Waals surface area contributed by atoms with Gasteiger partial charge in [0.1, 0.15) is 5.82 Å². The van der Waals surface area contributed by atoms with Crippen molar-refractivity contribution in [1.82, 2.24) is 14.9 Å². The monoisotopic (exact) mass is 229 g/mol. The van der Waals surface area contributed by atoms with Crippen LogP contribution >= 0.6 is 0 Å². The minimum Gasteiger partial charge on any atom is -0.313 e. The number of benzene rings is 1. The van der Waals surface area contributed by atoms with Gasteiger partial charge >= 0.3 is 0 Å². The van der Waals surface area contributed by atoms with Crippen LogP contribution in [-0.2, 0) is 6.54 Å². The second kappa shape index (κ2) is 5.64. The maximum Gasteiger partial charge on any atom is 0.110 e. The minimum absolute atomic E-state index is 0.941. The van der Waals surface area contributed by atoms with E-state index in [0.29, 0.717) is 0 Å². The van der Waals surface area contributed by atoms with Gasteiger partial charge in [0.05, 0.1) is 0 Å². The van der Waals surface area contributed by atoms with Gasteiger partial charge in [-0.25, -0.2) is 4.98 Å². The van der Waals surface area contributed by atoms with E-state index < -0.39 is 0 Å². The van der Waals surface area contributed by atoms with Crippen LogP contribution in [0.3, 0.4) is 0 Å². The first-order chi connectivity index (χ1) is 8.31. The molecule has 1 heterocycles. The van der Waals surface area contributed by atoms with Crippen molar-refractivity contribution in [2.24, 2.45) is 0 Å². The zero-order valence-corrected chi connectivity index (χ0v) is 10.5. The quantitative estimate of drug-likeness (QED) is 0.799. The van der Waals surface area contributed by atoms with Crippen LogP contribution in [0.15, 0.2) is 36.7 Å². The summed E-state index contributed by atoms with van der Waals surface area (Å²) >= 11 is 0. The van der Waals surface area contributed by atoms with E-state index in [4.69, 9.17) is 0 Å². The summed E-state index contributed by atoms with van der Waals surface area (Å²) in [5, 5.41) is 3.40. The Morgan fingerprint density at radius 1 is 1.24 bits per heavy atom. The Hall–Kier alpha value is -1.61. The van der Waals surface area contributed by atoms with Gasteiger partial charge in [0, 0.05) is 24.6 Å². The number of rotatable bonds is 5. The van der Waals surface area contributed by atoms with Gasteiger partial charge in [-0.2, -0.15) is 0 Å². The molecular formula is C14H19N3. The van der Waals surface area contributed by atoms with E-state index in [0.717, 1.165) is 18.9 Å². The van der Waals surface area contributed by atoms with E-state index >= 15 is 0 Å². The Kier molecular flexibility index (Phi) is 3.94. The maximum absolute atomic E-state index is 4.23. The summed E-state index contributed by atoms with van der Waals surface area (Å²) in [6.45, 7) is 6.20. The molecule has 1 N–H and O–H groups in total. The fraction of sp³-hybridized carbons (Fsp3) is 0.357. The fourth-order valence-electron chi connectivity index (χ4n) is 1.83. The zero-order chi connectivity index (χ0) is 12.1. The molecule has 2 aromatic rings. The van der Waals surface area contributed by atoms with Crippen molar-refractivity contribution in [3.8, 4) is 5.69 Å². The van der Waals surface area contributed by atoms with Gasteiger partial charge in [0.25, 0.3) is 0 Å². The molecular weight excluding hydrogens is 210 g/mol. The number of aryl methyl sites for hydroxylation is 1. The molecule has 1 aromatic heterocycles. The van der Waals surface area contributed by atoms with Crippen LogP contribution < -0.4 is 5.32 Å². The lowest BCUT2D eigenvalue weighted by atomic mass is 10.2. The zero-order valence-electron chi connectivity index (χ0n) is 10.5. The van der Waals surface area contributed by atoms with Crippen LogP contribution in [0.5, 0.6) is 0 Å². The van der Waals surface area contributed by atoms with Gasteiger partial charge in [-0.05, 0) is 37.6 Å². The Balaban J connectivity index is 2.06. The minimum atomic E-state index is 0.941. The molecule has 3 nitrogen and oxygen atoms in total. The highest BCUT2D eigenvalue weighted by molar-refractivity contribution is 5.35. The Labute approximate surface area is 103 Å². The van der Waals surface area contributed by atoms with E-state index in [1.54, 1.807) is 0 Å². The molecule has 0 aliphatic carbocycles. The number of hydrogen-bond acceptors (Lipinski definition) is 2. The molecule has 0 amide bonds. The maximum atomic E-state index is 4.23. The first kappa shape index (κ1) is 11.9. The van der Waals surface area contributed by atoms with Crippen molar-refractivity contribution in [3.05, 3.63) is 48.0 Å². The summed E-state index contributed by atoms with van der Waals surface area (Å²) in [6.07, 6.45) is 4.98. The van der Waals surface area contributed by atoms with Crippen LogP contribution in [0, 0.1) is 6.92 Å². The molecule has 0 radical (unpaired) electrons. The lowest BCUT2D eigenvalue weighted by molar-refractivity contribution is 0.675. The van der Waals surface area contributed by atoms with Gasteiger partial charge in [-0.3, -0.25) is 0 Å². The van der Waals surface area contributed by atoms with Gasteiger partial charge in [-0.1, -0.05) is 19.1 Å². The third-order valence-electron chi connectivity index (χ3n) is 2.80. The topological polar surface area (TPSA) is 29.9 Å². The molecule has 90 valence electrons. The van der Waals surface area contributed by atoms with E-state index in [-0.39, 0.29) is 0 Å². The molecule has 0 unspecified atom stereocenters. The van der Waals surface area contributed by atoms with Crippen LogP contribution in [0.4, 0.5) is 0 Å². The summed E-state index contributed by atoms with van der Waals surface area (Å²) in [6, 6.07) is 8.60. The second-order valence-electron chi connectivity index (χ2n) is 4.19. The second-order valence-corrected chi connectivity index (χ2v) is 4.19. The molecule has 2 rings (SSSR count). The molecule has 0 aliphatic rings. The first-order valence-corrected chi connectivity index (χ1v) is 6.11. The molecule has 3 heteroatoms. The van der Waals surface area contributed by atoms with Gasteiger partial charge < -0.3 is 9.88 Å². The van der Waals surface area contributed by atoms with Gasteiger partial charge in [0.15, 0.2) is 0 Å². The third-order valence-corrected chi connectivity index (χ3v) is 2.80. The van der Waals surface area contributed by atoms with Crippen molar-refractivity contribution in [3.63, 3.8) is 0 Å². The number of nitrogens with one attached hydrogen (secondary N) is 1. The number of aromatic nitrogens is 2. The Morgan fingerprint density at radius 3 is 2.59 bits per heavy atom.